The van der Waals surface area contributed by atoms with Gasteiger partial charge in [-0.15, -0.1) is 17.0 Å². The molecule has 13 heavy (non-hydrogen) atoms. The topological polar surface area (TPSA) is 124 Å². The zero-order valence-corrected chi connectivity index (χ0v) is 8.62. The fourth-order valence-electron chi connectivity index (χ4n) is 0.881. The predicted octanol–water partition coefficient (Wildman–Crippen LogP) is -0.830. The molecule has 1 aromatic rings. The average Bonchev–Trinajstić information content (AvgIpc) is 2.32. The summed E-state index contributed by atoms with van der Waals surface area (Å²) >= 11 is 0. The van der Waals surface area contributed by atoms with E-state index in [1.54, 1.807) is 0 Å². The highest BCUT2D eigenvalue weighted by atomic mass is 79.9. The van der Waals surface area contributed by atoms with Gasteiger partial charge in [0.2, 0.25) is 0 Å². The van der Waals surface area contributed by atoms with Crippen LogP contribution in [0.1, 0.15) is 16.3 Å². The maximum atomic E-state index is 10.7. The fraction of sp³-hybridized carbons (Fsp3) is 0.333. The molecule has 0 bridgehead atoms. The molecule has 7 N–H and O–H groups in total. The van der Waals surface area contributed by atoms with E-state index in [4.69, 9.17) is 17.2 Å². The monoisotopic (exact) mass is 249 g/mol. The number of aromatic amines is 1. The molecule has 0 aromatic carbocycles. The molecule has 0 spiro atoms. The van der Waals surface area contributed by atoms with Crippen LogP contribution in [0.4, 0.5) is 5.82 Å². The highest BCUT2D eigenvalue weighted by molar-refractivity contribution is 8.93. The second-order valence-electron chi connectivity index (χ2n) is 2.35. The predicted molar refractivity (Wildman–Crippen MR) is 54.6 cm³/mol. The number of hydrogen-bond donors (Lipinski definition) is 4. The van der Waals surface area contributed by atoms with Crippen LogP contribution in [0.3, 0.4) is 0 Å². The van der Waals surface area contributed by atoms with Gasteiger partial charge in [0.15, 0.2) is 5.82 Å². The molecule has 74 valence electrons. The van der Waals surface area contributed by atoms with Crippen LogP contribution in [0, 0.1) is 0 Å². The Morgan fingerprint density at radius 3 is 2.54 bits per heavy atom. The molecule has 7 heteroatoms. The molecule has 1 rings (SSSR count). The van der Waals surface area contributed by atoms with Crippen LogP contribution in [0.5, 0.6) is 0 Å². The Hall–Kier alpha value is -1.08. The number of nitrogens with two attached hydrogens (primary N) is 3. The molecule has 0 atom stereocenters. The zero-order valence-electron chi connectivity index (χ0n) is 6.91. The van der Waals surface area contributed by atoms with Gasteiger partial charge in [0.05, 0.1) is 0 Å². The van der Waals surface area contributed by atoms with Gasteiger partial charge in [-0.3, -0.25) is 4.79 Å². The third kappa shape index (κ3) is 2.71. The van der Waals surface area contributed by atoms with E-state index >= 15 is 0 Å². The summed E-state index contributed by atoms with van der Waals surface area (Å²) in [6.45, 7) is 0.450. The van der Waals surface area contributed by atoms with Crippen LogP contribution in [-0.4, -0.2) is 22.4 Å². The normalized spacial score (nSPS) is 9.31. The minimum absolute atomic E-state index is 0. The molecular weight excluding hydrogens is 238 g/mol. The van der Waals surface area contributed by atoms with Crippen LogP contribution in [0.25, 0.3) is 0 Å². The summed E-state index contributed by atoms with van der Waals surface area (Å²) in [6, 6.07) is 0. The van der Waals surface area contributed by atoms with Gasteiger partial charge in [-0.25, -0.2) is 4.98 Å². The molecule has 0 saturated heterocycles. The van der Waals surface area contributed by atoms with Gasteiger partial charge in [-0.1, -0.05) is 0 Å². The summed E-state index contributed by atoms with van der Waals surface area (Å²) < 4.78 is 0. The van der Waals surface area contributed by atoms with Gasteiger partial charge in [0.25, 0.3) is 5.91 Å². The lowest BCUT2D eigenvalue weighted by Gasteiger charge is -1.89. The molecule has 0 aliphatic carbocycles. The van der Waals surface area contributed by atoms with Crippen molar-refractivity contribution in [3.05, 3.63) is 11.5 Å². The van der Waals surface area contributed by atoms with Crippen molar-refractivity contribution in [1.29, 1.82) is 0 Å². The lowest BCUT2D eigenvalue weighted by Crippen LogP contribution is -2.13. The standard InChI is InChI=1S/C6H11N5O.BrH/c7-2-1-3-10-4(6(9)12)5(8)11-3;/h1-2,7-8H2,(H2,9,12)(H,10,11);1H. The summed E-state index contributed by atoms with van der Waals surface area (Å²) in [6.07, 6.45) is 0.553. The first-order valence-electron chi connectivity index (χ1n) is 3.49. The quantitative estimate of drug-likeness (QED) is 0.558. The molecule has 1 aromatic heterocycles. The van der Waals surface area contributed by atoms with Gasteiger partial charge in [0.1, 0.15) is 11.5 Å². The minimum atomic E-state index is -0.608. The third-order valence-corrected chi connectivity index (χ3v) is 1.41. The number of imidazole rings is 1. The number of aromatic nitrogens is 2. The Labute approximate surface area is 85.6 Å². The van der Waals surface area contributed by atoms with E-state index < -0.39 is 5.91 Å². The third-order valence-electron chi connectivity index (χ3n) is 1.41. The first kappa shape index (κ1) is 11.9. The van der Waals surface area contributed by atoms with Crippen molar-refractivity contribution in [2.24, 2.45) is 11.5 Å². The SMILES string of the molecule is Br.NCCc1nc(N)c(C(N)=O)[nH]1. The van der Waals surface area contributed by atoms with Gasteiger partial charge in [-0.2, -0.15) is 0 Å². The van der Waals surface area contributed by atoms with E-state index in [0.29, 0.717) is 18.8 Å². The number of anilines is 1. The first-order valence-corrected chi connectivity index (χ1v) is 3.49. The number of amides is 1. The van der Waals surface area contributed by atoms with Crippen LogP contribution in [0.2, 0.25) is 0 Å². The summed E-state index contributed by atoms with van der Waals surface area (Å²) in [4.78, 5) is 17.2. The zero-order chi connectivity index (χ0) is 9.14. The number of hydrogen-bond acceptors (Lipinski definition) is 4. The number of nitrogens with one attached hydrogen (secondary N) is 1. The Bertz CT molecular complexity index is 297. The van der Waals surface area contributed by atoms with Crippen molar-refractivity contribution in [3.63, 3.8) is 0 Å². The number of nitrogens with zero attached hydrogens (tertiary/aromatic N) is 1. The molecule has 0 radical (unpaired) electrons. The van der Waals surface area contributed by atoms with Crippen molar-refractivity contribution in [2.45, 2.75) is 6.42 Å². The molecule has 0 aliphatic rings. The number of halogens is 1. The molecule has 6 nitrogen and oxygen atoms in total. The smallest absolute Gasteiger partial charge is 0.269 e. The lowest BCUT2D eigenvalue weighted by atomic mass is 10.4. The molecule has 0 saturated carbocycles. The summed E-state index contributed by atoms with van der Waals surface area (Å²) in [5, 5.41) is 0. The number of rotatable bonds is 3. The first-order chi connectivity index (χ1) is 5.65. The van der Waals surface area contributed by atoms with E-state index in [1.807, 2.05) is 0 Å². The number of primary amides is 1. The van der Waals surface area contributed by atoms with Crippen molar-refractivity contribution >= 4 is 28.7 Å². The van der Waals surface area contributed by atoms with Gasteiger partial charge in [-0.05, 0) is 6.54 Å². The Kier molecular flexibility index (Phi) is 4.43. The molecular formula is C6H12BrN5O. The van der Waals surface area contributed by atoms with Crippen LogP contribution >= 0.6 is 17.0 Å². The van der Waals surface area contributed by atoms with Crippen molar-refractivity contribution in [1.82, 2.24) is 9.97 Å². The molecule has 1 heterocycles. The maximum Gasteiger partial charge on any atom is 0.269 e. The number of carbonyl (C=O) groups excluding carboxylic acids is 1. The number of H-pyrrole nitrogens is 1. The summed E-state index contributed by atoms with van der Waals surface area (Å²) in [5.74, 6) is 0.109. The van der Waals surface area contributed by atoms with Crippen LogP contribution in [-0.2, 0) is 6.42 Å². The minimum Gasteiger partial charge on any atom is -0.382 e. The van der Waals surface area contributed by atoms with Crippen molar-refractivity contribution in [3.8, 4) is 0 Å². The highest BCUT2D eigenvalue weighted by Crippen LogP contribution is 2.06. The van der Waals surface area contributed by atoms with Crippen LogP contribution < -0.4 is 17.2 Å². The second kappa shape index (κ2) is 4.83. The van der Waals surface area contributed by atoms with Gasteiger partial charge in [0, 0.05) is 6.42 Å². The van der Waals surface area contributed by atoms with E-state index in [-0.39, 0.29) is 28.5 Å². The van der Waals surface area contributed by atoms with Gasteiger partial charge < -0.3 is 22.2 Å². The van der Waals surface area contributed by atoms with Gasteiger partial charge >= 0.3 is 0 Å². The van der Waals surface area contributed by atoms with E-state index in [1.165, 1.54) is 0 Å². The molecule has 0 fully saturated rings. The van der Waals surface area contributed by atoms with Crippen molar-refractivity contribution < 1.29 is 4.79 Å². The van der Waals surface area contributed by atoms with Crippen molar-refractivity contribution in [2.75, 3.05) is 12.3 Å². The molecule has 1 amide bonds. The number of nitrogen functional groups attached to an aromatic ring is 1. The lowest BCUT2D eigenvalue weighted by molar-refractivity contribution is 0.0997. The Balaban J connectivity index is 0.00000144. The van der Waals surface area contributed by atoms with Crippen LogP contribution in [0.15, 0.2) is 0 Å². The van der Waals surface area contributed by atoms with E-state index in [9.17, 15) is 4.79 Å². The molecule has 0 unspecified atom stereocenters. The highest BCUT2D eigenvalue weighted by Gasteiger charge is 2.10. The largest absolute Gasteiger partial charge is 0.382 e. The van der Waals surface area contributed by atoms with E-state index in [0.717, 1.165) is 0 Å². The van der Waals surface area contributed by atoms with E-state index in [2.05, 4.69) is 9.97 Å². The average molecular weight is 250 g/mol. The number of carbonyl (C=O) groups is 1. The Morgan fingerprint density at radius 2 is 2.15 bits per heavy atom. The summed E-state index contributed by atoms with van der Waals surface area (Å²) in [5.41, 5.74) is 15.8. The second-order valence-corrected chi connectivity index (χ2v) is 2.35. The molecule has 0 aliphatic heterocycles. The summed E-state index contributed by atoms with van der Waals surface area (Å²) in [7, 11) is 0. The Morgan fingerprint density at radius 1 is 1.54 bits per heavy atom. The fourth-order valence-corrected chi connectivity index (χ4v) is 0.881. The maximum absolute atomic E-state index is 10.7.